The highest BCUT2D eigenvalue weighted by Gasteiger charge is 2.29. The van der Waals surface area contributed by atoms with Gasteiger partial charge in [0.25, 0.3) is 0 Å². The first kappa shape index (κ1) is 13.9. The van der Waals surface area contributed by atoms with E-state index in [0.29, 0.717) is 6.04 Å². The zero-order chi connectivity index (χ0) is 12.0. The van der Waals surface area contributed by atoms with Crippen LogP contribution in [0.4, 0.5) is 0 Å². The molecule has 0 aromatic heterocycles. The second kappa shape index (κ2) is 6.58. The average Bonchev–Trinajstić information content (AvgIpc) is 2.82. The summed E-state index contributed by atoms with van der Waals surface area (Å²) >= 11 is 0. The van der Waals surface area contributed by atoms with E-state index >= 15 is 0 Å². The molecule has 1 saturated carbocycles. The highest BCUT2D eigenvalue weighted by atomic mass is 16.3. The van der Waals surface area contributed by atoms with Crippen molar-refractivity contribution in [2.75, 3.05) is 26.2 Å². The molecule has 96 valence electrons. The summed E-state index contributed by atoms with van der Waals surface area (Å²) in [6, 6.07) is 0.685. The molecule has 3 heteroatoms. The van der Waals surface area contributed by atoms with E-state index in [4.69, 9.17) is 10.8 Å². The Labute approximate surface area is 100 Å². The molecular formula is C13H28N2O. The molecule has 0 saturated heterocycles. The highest BCUT2D eigenvalue weighted by Crippen LogP contribution is 2.28. The standard InChI is InChI=1S/C13H28N2O/c1-3-13(2,10-14)11-15(8-9-16)12-6-4-5-7-12/h12,16H,3-11,14H2,1-2H3. The molecule has 0 amide bonds. The fraction of sp³-hybridized carbons (Fsp3) is 1.00. The Hall–Kier alpha value is -0.120. The molecule has 1 aliphatic carbocycles. The summed E-state index contributed by atoms with van der Waals surface area (Å²) in [6.07, 6.45) is 6.39. The van der Waals surface area contributed by atoms with Crippen LogP contribution in [0, 0.1) is 5.41 Å². The van der Waals surface area contributed by atoms with Crippen LogP contribution in [0.5, 0.6) is 0 Å². The van der Waals surface area contributed by atoms with Gasteiger partial charge in [0.15, 0.2) is 0 Å². The van der Waals surface area contributed by atoms with Crippen molar-refractivity contribution in [1.29, 1.82) is 0 Å². The van der Waals surface area contributed by atoms with Crippen molar-refractivity contribution in [2.45, 2.75) is 52.0 Å². The van der Waals surface area contributed by atoms with Crippen LogP contribution in [0.25, 0.3) is 0 Å². The summed E-state index contributed by atoms with van der Waals surface area (Å²) in [5, 5.41) is 9.17. The summed E-state index contributed by atoms with van der Waals surface area (Å²) in [6.45, 7) is 7.30. The van der Waals surface area contributed by atoms with E-state index in [0.717, 1.165) is 26.1 Å². The van der Waals surface area contributed by atoms with Crippen molar-refractivity contribution < 1.29 is 5.11 Å². The van der Waals surface area contributed by atoms with Gasteiger partial charge in [0, 0.05) is 19.1 Å². The molecule has 1 fully saturated rings. The van der Waals surface area contributed by atoms with Gasteiger partial charge in [0.2, 0.25) is 0 Å². The smallest absolute Gasteiger partial charge is 0.0558 e. The lowest BCUT2D eigenvalue weighted by molar-refractivity contribution is 0.0974. The quantitative estimate of drug-likeness (QED) is 0.696. The van der Waals surface area contributed by atoms with Crippen LogP contribution in [-0.4, -0.2) is 42.3 Å². The third-order valence-electron chi connectivity index (χ3n) is 4.16. The molecule has 0 aromatic rings. The van der Waals surface area contributed by atoms with Crippen molar-refractivity contribution in [1.82, 2.24) is 4.90 Å². The van der Waals surface area contributed by atoms with Crippen LogP contribution in [-0.2, 0) is 0 Å². The molecule has 0 spiro atoms. The number of aliphatic hydroxyl groups excluding tert-OH is 1. The molecule has 1 atom stereocenters. The average molecular weight is 228 g/mol. The number of hydrogen-bond acceptors (Lipinski definition) is 3. The minimum Gasteiger partial charge on any atom is -0.395 e. The lowest BCUT2D eigenvalue weighted by Gasteiger charge is -2.37. The first-order chi connectivity index (χ1) is 7.65. The molecule has 0 heterocycles. The molecular weight excluding hydrogens is 200 g/mol. The lowest BCUT2D eigenvalue weighted by Crippen LogP contribution is -2.45. The summed E-state index contributed by atoms with van der Waals surface area (Å²) in [5.74, 6) is 0. The van der Waals surface area contributed by atoms with Gasteiger partial charge in [-0.15, -0.1) is 0 Å². The number of hydrogen-bond donors (Lipinski definition) is 2. The Kier molecular flexibility index (Phi) is 5.73. The molecule has 0 radical (unpaired) electrons. The van der Waals surface area contributed by atoms with Gasteiger partial charge >= 0.3 is 0 Å². The molecule has 16 heavy (non-hydrogen) atoms. The van der Waals surface area contributed by atoms with Crippen molar-refractivity contribution >= 4 is 0 Å². The second-order valence-electron chi connectivity index (χ2n) is 5.50. The summed E-state index contributed by atoms with van der Waals surface area (Å²) in [5.41, 5.74) is 6.08. The molecule has 3 N–H and O–H groups in total. The maximum atomic E-state index is 9.17. The van der Waals surface area contributed by atoms with E-state index in [9.17, 15) is 0 Å². The minimum atomic E-state index is 0.206. The summed E-state index contributed by atoms with van der Waals surface area (Å²) in [7, 11) is 0. The third-order valence-corrected chi connectivity index (χ3v) is 4.16. The second-order valence-corrected chi connectivity index (χ2v) is 5.50. The molecule has 0 bridgehead atoms. The van der Waals surface area contributed by atoms with E-state index < -0.39 is 0 Å². The molecule has 1 unspecified atom stereocenters. The maximum absolute atomic E-state index is 9.17. The van der Waals surface area contributed by atoms with Crippen molar-refractivity contribution in [2.24, 2.45) is 11.1 Å². The van der Waals surface area contributed by atoms with Gasteiger partial charge < -0.3 is 10.8 Å². The Morgan fingerprint density at radius 3 is 2.44 bits per heavy atom. The first-order valence-electron chi connectivity index (χ1n) is 6.70. The van der Waals surface area contributed by atoms with Gasteiger partial charge in [-0.2, -0.15) is 0 Å². The SMILES string of the molecule is CCC(C)(CN)CN(CCO)C1CCCC1. The fourth-order valence-corrected chi connectivity index (χ4v) is 2.60. The van der Waals surface area contributed by atoms with E-state index in [1.165, 1.54) is 25.7 Å². The van der Waals surface area contributed by atoms with Crippen LogP contribution in [0.1, 0.15) is 46.0 Å². The van der Waals surface area contributed by atoms with Gasteiger partial charge in [-0.1, -0.05) is 26.7 Å². The maximum Gasteiger partial charge on any atom is 0.0558 e. The zero-order valence-electron chi connectivity index (χ0n) is 10.9. The number of rotatable bonds is 7. The van der Waals surface area contributed by atoms with Crippen LogP contribution >= 0.6 is 0 Å². The van der Waals surface area contributed by atoms with Gasteiger partial charge in [-0.25, -0.2) is 0 Å². The Balaban J connectivity index is 2.55. The largest absolute Gasteiger partial charge is 0.395 e. The van der Waals surface area contributed by atoms with Gasteiger partial charge in [0.1, 0.15) is 0 Å². The lowest BCUT2D eigenvalue weighted by atomic mass is 9.86. The van der Waals surface area contributed by atoms with E-state index in [2.05, 4.69) is 18.7 Å². The predicted molar refractivity (Wildman–Crippen MR) is 68.4 cm³/mol. The third kappa shape index (κ3) is 3.72. The molecule has 1 aliphatic rings. The monoisotopic (exact) mass is 228 g/mol. The Morgan fingerprint density at radius 2 is 2.00 bits per heavy atom. The summed E-state index contributed by atoms with van der Waals surface area (Å²) < 4.78 is 0. The number of nitrogens with zero attached hydrogens (tertiary/aromatic N) is 1. The molecule has 0 aliphatic heterocycles. The highest BCUT2D eigenvalue weighted by molar-refractivity contribution is 4.84. The van der Waals surface area contributed by atoms with Crippen molar-refractivity contribution in [3.05, 3.63) is 0 Å². The van der Waals surface area contributed by atoms with Crippen molar-refractivity contribution in [3.63, 3.8) is 0 Å². The molecule has 3 nitrogen and oxygen atoms in total. The normalized spacial score (nSPS) is 21.6. The fourth-order valence-electron chi connectivity index (χ4n) is 2.60. The van der Waals surface area contributed by atoms with Gasteiger partial charge in [-0.3, -0.25) is 4.90 Å². The molecule has 1 rings (SSSR count). The van der Waals surface area contributed by atoms with E-state index in [1.807, 2.05) is 0 Å². The first-order valence-corrected chi connectivity index (χ1v) is 6.70. The minimum absolute atomic E-state index is 0.206. The zero-order valence-corrected chi connectivity index (χ0v) is 10.9. The van der Waals surface area contributed by atoms with Crippen LogP contribution in [0.3, 0.4) is 0 Å². The van der Waals surface area contributed by atoms with Crippen LogP contribution in [0.15, 0.2) is 0 Å². The van der Waals surface area contributed by atoms with Crippen LogP contribution < -0.4 is 5.73 Å². The van der Waals surface area contributed by atoms with E-state index in [-0.39, 0.29) is 12.0 Å². The van der Waals surface area contributed by atoms with Gasteiger partial charge in [0.05, 0.1) is 6.61 Å². The number of nitrogens with two attached hydrogens (primary N) is 1. The Morgan fingerprint density at radius 1 is 1.38 bits per heavy atom. The topological polar surface area (TPSA) is 49.5 Å². The molecule has 0 aromatic carbocycles. The van der Waals surface area contributed by atoms with Crippen molar-refractivity contribution in [3.8, 4) is 0 Å². The predicted octanol–water partition coefficient (Wildman–Crippen LogP) is 1.60. The summed E-state index contributed by atoms with van der Waals surface area (Å²) in [4.78, 5) is 2.46. The van der Waals surface area contributed by atoms with E-state index in [1.54, 1.807) is 0 Å². The van der Waals surface area contributed by atoms with Crippen LogP contribution in [0.2, 0.25) is 0 Å². The van der Waals surface area contributed by atoms with Gasteiger partial charge in [-0.05, 0) is 31.2 Å². The Bertz CT molecular complexity index is 186. The number of aliphatic hydroxyl groups is 1.